The van der Waals surface area contributed by atoms with E-state index in [1.165, 1.54) is 19.3 Å². The van der Waals surface area contributed by atoms with Crippen molar-refractivity contribution in [3.63, 3.8) is 0 Å². The number of ether oxygens (including phenoxy) is 1. The van der Waals surface area contributed by atoms with E-state index in [-0.39, 0.29) is 0 Å². The molecule has 72 valence electrons. The van der Waals surface area contributed by atoms with Gasteiger partial charge >= 0.3 is 0 Å². The van der Waals surface area contributed by atoms with Crippen molar-refractivity contribution in [3.05, 3.63) is 0 Å². The summed E-state index contributed by atoms with van der Waals surface area (Å²) >= 11 is 0. The smallest absolute Gasteiger partial charge is 0.0623 e. The van der Waals surface area contributed by atoms with Gasteiger partial charge in [-0.05, 0) is 32.1 Å². The standard InChI is InChI=1S/C10H21NO/c1-3-4-8(2)12-7-10(11)9-5-6-9/h8-10H,3-7,11H2,1-2H3. The Balaban J connectivity index is 1.99. The molecule has 0 saturated heterocycles. The first-order chi connectivity index (χ1) is 5.74. The molecule has 0 aliphatic heterocycles. The molecule has 1 aliphatic rings. The second-order valence-electron chi connectivity index (χ2n) is 3.93. The Morgan fingerprint density at radius 1 is 1.50 bits per heavy atom. The molecule has 0 aromatic heterocycles. The summed E-state index contributed by atoms with van der Waals surface area (Å²) in [6.07, 6.45) is 5.36. The number of nitrogens with two attached hydrogens (primary N) is 1. The molecular formula is C10H21NO. The van der Waals surface area contributed by atoms with E-state index in [2.05, 4.69) is 13.8 Å². The van der Waals surface area contributed by atoms with Crippen LogP contribution >= 0.6 is 0 Å². The van der Waals surface area contributed by atoms with E-state index in [1.807, 2.05) is 0 Å². The zero-order valence-corrected chi connectivity index (χ0v) is 8.25. The van der Waals surface area contributed by atoms with Crippen molar-refractivity contribution >= 4 is 0 Å². The highest BCUT2D eigenvalue weighted by Crippen LogP contribution is 2.31. The molecule has 0 aromatic carbocycles. The van der Waals surface area contributed by atoms with Crippen molar-refractivity contribution in [1.82, 2.24) is 0 Å². The predicted octanol–water partition coefficient (Wildman–Crippen LogP) is 1.93. The summed E-state index contributed by atoms with van der Waals surface area (Å²) in [6.45, 7) is 5.07. The normalized spacial score (nSPS) is 22.2. The molecule has 1 aliphatic carbocycles. The maximum Gasteiger partial charge on any atom is 0.0623 e. The minimum atomic E-state index is 0.296. The van der Waals surface area contributed by atoms with Crippen LogP contribution in [0.4, 0.5) is 0 Å². The van der Waals surface area contributed by atoms with Crippen LogP contribution in [0.1, 0.15) is 39.5 Å². The SMILES string of the molecule is CCCC(C)OCC(N)C1CC1. The summed E-state index contributed by atoms with van der Waals surface area (Å²) in [7, 11) is 0. The van der Waals surface area contributed by atoms with E-state index in [0.29, 0.717) is 12.1 Å². The van der Waals surface area contributed by atoms with Crippen LogP contribution in [-0.2, 0) is 4.74 Å². The van der Waals surface area contributed by atoms with Crippen LogP contribution in [-0.4, -0.2) is 18.8 Å². The molecule has 1 saturated carbocycles. The van der Waals surface area contributed by atoms with Crippen molar-refractivity contribution in [2.75, 3.05) is 6.61 Å². The maximum atomic E-state index is 5.90. The summed E-state index contributed by atoms with van der Waals surface area (Å²) in [5, 5.41) is 0. The summed E-state index contributed by atoms with van der Waals surface area (Å²) in [5.74, 6) is 0.763. The Morgan fingerprint density at radius 2 is 2.17 bits per heavy atom. The molecule has 12 heavy (non-hydrogen) atoms. The van der Waals surface area contributed by atoms with E-state index >= 15 is 0 Å². The Bertz CT molecular complexity index is 123. The Kier molecular flexibility index (Phi) is 4.02. The average molecular weight is 171 g/mol. The van der Waals surface area contributed by atoms with Gasteiger partial charge in [0.05, 0.1) is 12.7 Å². The van der Waals surface area contributed by atoms with Gasteiger partial charge in [-0.3, -0.25) is 0 Å². The second-order valence-corrected chi connectivity index (χ2v) is 3.93. The van der Waals surface area contributed by atoms with Crippen molar-refractivity contribution in [3.8, 4) is 0 Å². The van der Waals surface area contributed by atoms with Crippen molar-refractivity contribution in [1.29, 1.82) is 0 Å². The van der Waals surface area contributed by atoms with E-state index in [4.69, 9.17) is 10.5 Å². The molecule has 2 nitrogen and oxygen atoms in total. The highest BCUT2D eigenvalue weighted by Gasteiger charge is 2.28. The second kappa shape index (κ2) is 4.83. The monoisotopic (exact) mass is 171 g/mol. The molecule has 1 fully saturated rings. The lowest BCUT2D eigenvalue weighted by Gasteiger charge is -2.15. The first-order valence-corrected chi connectivity index (χ1v) is 5.11. The van der Waals surface area contributed by atoms with Crippen LogP contribution in [0.3, 0.4) is 0 Å². The van der Waals surface area contributed by atoms with Crippen LogP contribution in [0.25, 0.3) is 0 Å². The van der Waals surface area contributed by atoms with Gasteiger partial charge in [0.1, 0.15) is 0 Å². The summed E-state index contributed by atoms with van der Waals surface area (Å²) in [5.41, 5.74) is 5.90. The van der Waals surface area contributed by atoms with E-state index in [9.17, 15) is 0 Å². The average Bonchev–Trinajstić information content (AvgIpc) is 2.83. The third-order valence-corrected chi connectivity index (χ3v) is 2.50. The summed E-state index contributed by atoms with van der Waals surface area (Å²) < 4.78 is 5.62. The van der Waals surface area contributed by atoms with E-state index in [1.54, 1.807) is 0 Å². The Hall–Kier alpha value is -0.0800. The quantitative estimate of drug-likeness (QED) is 0.662. The van der Waals surface area contributed by atoms with Gasteiger partial charge < -0.3 is 10.5 Å². The molecule has 0 heterocycles. The molecule has 2 atom stereocenters. The van der Waals surface area contributed by atoms with Crippen LogP contribution in [0, 0.1) is 5.92 Å². The third kappa shape index (κ3) is 3.55. The van der Waals surface area contributed by atoms with E-state index in [0.717, 1.165) is 18.9 Å². The van der Waals surface area contributed by atoms with Gasteiger partial charge in [0.2, 0.25) is 0 Å². The van der Waals surface area contributed by atoms with Gasteiger partial charge in [-0.2, -0.15) is 0 Å². The third-order valence-electron chi connectivity index (χ3n) is 2.50. The fourth-order valence-corrected chi connectivity index (χ4v) is 1.43. The minimum absolute atomic E-state index is 0.296. The highest BCUT2D eigenvalue weighted by atomic mass is 16.5. The highest BCUT2D eigenvalue weighted by molar-refractivity contribution is 4.83. The molecule has 0 amide bonds. The van der Waals surface area contributed by atoms with Gasteiger partial charge in [-0.15, -0.1) is 0 Å². The molecular weight excluding hydrogens is 150 g/mol. The molecule has 0 radical (unpaired) electrons. The molecule has 2 N–H and O–H groups in total. The van der Waals surface area contributed by atoms with Crippen molar-refractivity contribution in [2.45, 2.75) is 51.7 Å². The fourth-order valence-electron chi connectivity index (χ4n) is 1.43. The Morgan fingerprint density at radius 3 is 2.67 bits per heavy atom. The molecule has 1 rings (SSSR count). The van der Waals surface area contributed by atoms with Gasteiger partial charge in [0.15, 0.2) is 0 Å². The first-order valence-electron chi connectivity index (χ1n) is 5.11. The molecule has 0 bridgehead atoms. The van der Waals surface area contributed by atoms with Gasteiger partial charge in [0, 0.05) is 6.04 Å². The topological polar surface area (TPSA) is 35.2 Å². The Labute approximate surface area is 75.5 Å². The zero-order valence-electron chi connectivity index (χ0n) is 8.25. The first kappa shape index (κ1) is 10.0. The maximum absolute atomic E-state index is 5.90. The van der Waals surface area contributed by atoms with Crippen LogP contribution in [0.5, 0.6) is 0 Å². The van der Waals surface area contributed by atoms with Gasteiger partial charge in [-0.25, -0.2) is 0 Å². The van der Waals surface area contributed by atoms with Gasteiger partial charge in [0.25, 0.3) is 0 Å². The van der Waals surface area contributed by atoms with Crippen molar-refractivity contribution < 1.29 is 4.74 Å². The molecule has 0 aromatic rings. The van der Waals surface area contributed by atoms with E-state index < -0.39 is 0 Å². The lowest BCUT2D eigenvalue weighted by Crippen LogP contribution is -2.30. The number of hydrogen-bond donors (Lipinski definition) is 1. The largest absolute Gasteiger partial charge is 0.377 e. The lowest BCUT2D eigenvalue weighted by atomic mass is 10.2. The van der Waals surface area contributed by atoms with Crippen LogP contribution in [0.15, 0.2) is 0 Å². The van der Waals surface area contributed by atoms with Crippen LogP contribution in [0.2, 0.25) is 0 Å². The minimum Gasteiger partial charge on any atom is -0.377 e. The summed E-state index contributed by atoms with van der Waals surface area (Å²) in [6, 6.07) is 0.296. The van der Waals surface area contributed by atoms with Crippen molar-refractivity contribution in [2.24, 2.45) is 11.7 Å². The fraction of sp³-hybridized carbons (Fsp3) is 1.00. The molecule has 0 spiro atoms. The van der Waals surface area contributed by atoms with Crippen LogP contribution < -0.4 is 5.73 Å². The zero-order chi connectivity index (χ0) is 8.97. The molecule has 2 heteroatoms. The summed E-state index contributed by atoms with van der Waals surface area (Å²) in [4.78, 5) is 0. The van der Waals surface area contributed by atoms with Gasteiger partial charge in [-0.1, -0.05) is 13.3 Å². The lowest BCUT2D eigenvalue weighted by molar-refractivity contribution is 0.0472. The predicted molar refractivity (Wildman–Crippen MR) is 51.0 cm³/mol. The number of rotatable bonds is 6. The number of hydrogen-bond acceptors (Lipinski definition) is 2. The molecule has 2 unspecified atom stereocenters.